The molecule has 4 rings (SSSR count). The maximum atomic E-state index is 13.4. The van der Waals surface area contributed by atoms with Gasteiger partial charge in [-0.25, -0.2) is 0 Å². The fraction of sp³-hybridized carbons (Fsp3) is 0.154. The molecule has 1 saturated heterocycles. The predicted octanol–water partition coefficient (Wildman–Crippen LogP) is 3.57. The van der Waals surface area contributed by atoms with Crippen LogP contribution >= 0.6 is 12.2 Å². The van der Waals surface area contributed by atoms with Gasteiger partial charge in [0.15, 0.2) is 5.11 Å². The summed E-state index contributed by atoms with van der Waals surface area (Å²) >= 11 is 5.49. The zero-order valence-electron chi connectivity index (χ0n) is 18.6. The number of aromatic carboxylic acids is 1. The fourth-order valence-electron chi connectivity index (χ4n) is 3.73. The number of carboxylic acids is 1. The Morgan fingerprint density at radius 3 is 2.47 bits per heavy atom. The molecule has 34 heavy (non-hydrogen) atoms. The minimum Gasteiger partial charge on any atom is -0.545 e. The molecule has 0 radical (unpaired) electrons. The molecule has 3 aromatic rings. The van der Waals surface area contributed by atoms with Crippen molar-refractivity contribution in [2.45, 2.75) is 20.3 Å². The largest absolute Gasteiger partial charge is 0.545 e. The number of hydrogen-bond acceptors (Lipinski definition) is 6. The molecule has 8 heteroatoms. The molecule has 1 aliphatic heterocycles. The lowest BCUT2D eigenvalue weighted by atomic mass is 10.0. The summed E-state index contributed by atoms with van der Waals surface area (Å²) in [4.78, 5) is 40.5. The molecule has 0 N–H and O–H groups in total. The summed E-state index contributed by atoms with van der Waals surface area (Å²) in [5, 5.41) is 11.4. The van der Waals surface area contributed by atoms with Crippen LogP contribution in [0, 0.1) is 6.92 Å². The van der Waals surface area contributed by atoms with E-state index in [0.29, 0.717) is 30.0 Å². The van der Waals surface area contributed by atoms with Crippen molar-refractivity contribution >= 4 is 46.9 Å². The number of rotatable bonds is 6. The first-order valence-corrected chi connectivity index (χ1v) is 11.1. The van der Waals surface area contributed by atoms with Crippen LogP contribution in [0.25, 0.3) is 17.4 Å². The number of hydrogen-bond donors (Lipinski definition) is 0. The number of nitrogens with zero attached hydrogens (tertiary/aromatic N) is 2. The number of aryl methyl sites for hydroxylation is 1. The molecule has 0 bridgehead atoms. The van der Waals surface area contributed by atoms with Crippen LogP contribution in [-0.4, -0.2) is 34.3 Å². The highest BCUT2D eigenvalue weighted by Crippen LogP contribution is 2.30. The Hall–Kier alpha value is -4.04. The Morgan fingerprint density at radius 1 is 1.06 bits per heavy atom. The number of carboxylic acid groups (broad SMARTS) is 1. The Balaban J connectivity index is 1.75. The molecule has 0 saturated carbocycles. The van der Waals surface area contributed by atoms with E-state index in [1.807, 2.05) is 19.9 Å². The Labute approximate surface area is 201 Å². The van der Waals surface area contributed by atoms with Crippen molar-refractivity contribution in [3.8, 4) is 11.3 Å². The highest BCUT2D eigenvalue weighted by molar-refractivity contribution is 7.80. The van der Waals surface area contributed by atoms with Crippen LogP contribution in [0.2, 0.25) is 0 Å². The van der Waals surface area contributed by atoms with E-state index in [4.69, 9.17) is 16.6 Å². The highest BCUT2D eigenvalue weighted by atomic mass is 32.1. The van der Waals surface area contributed by atoms with Crippen LogP contribution in [0.1, 0.15) is 35.0 Å². The summed E-state index contributed by atoms with van der Waals surface area (Å²) in [6, 6.07) is 16.8. The molecule has 0 spiro atoms. The number of thiocarbonyl (C=S) groups is 1. The summed E-state index contributed by atoms with van der Waals surface area (Å²) in [5.74, 6) is -1.63. The summed E-state index contributed by atoms with van der Waals surface area (Å²) in [7, 11) is 0. The fourth-order valence-corrected chi connectivity index (χ4v) is 4.10. The number of anilines is 1. The van der Waals surface area contributed by atoms with Crippen molar-refractivity contribution in [3.05, 3.63) is 83.1 Å². The lowest BCUT2D eigenvalue weighted by Gasteiger charge is -2.36. The first-order chi connectivity index (χ1) is 16.3. The SMILES string of the molecule is CCCN1C(=O)/C(=C\c2ccc(-c3cc(C(=O)[O-])ccc3C)o2)C(=O)N(c2ccccc2)C1=S. The second-order valence-electron chi connectivity index (χ2n) is 7.79. The van der Waals surface area contributed by atoms with Crippen LogP contribution in [-0.2, 0) is 9.59 Å². The van der Waals surface area contributed by atoms with Gasteiger partial charge in [-0.2, -0.15) is 0 Å². The standard InChI is InChI=1S/C26H22N2O5S/c1-3-13-27-23(29)21(24(30)28(26(27)34)18-7-5-4-6-8-18)15-19-11-12-22(33-19)20-14-17(25(31)32)10-9-16(20)2/h4-12,14-15H,3,13H2,1-2H3,(H,31,32)/p-1/b21-15+. The maximum absolute atomic E-state index is 13.4. The monoisotopic (exact) mass is 473 g/mol. The second kappa shape index (κ2) is 9.44. The van der Waals surface area contributed by atoms with Crippen molar-refractivity contribution in [1.82, 2.24) is 4.90 Å². The third kappa shape index (κ3) is 4.27. The first kappa shape index (κ1) is 23.1. The smallest absolute Gasteiger partial charge is 0.270 e. The van der Waals surface area contributed by atoms with Gasteiger partial charge in [-0.3, -0.25) is 19.4 Å². The van der Waals surface area contributed by atoms with E-state index < -0.39 is 17.8 Å². The predicted molar refractivity (Wildman–Crippen MR) is 130 cm³/mol. The van der Waals surface area contributed by atoms with Gasteiger partial charge in [0.2, 0.25) is 0 Å². The lowest BCUT2D eigenvalue weighted by Crippen LogP contribution is -2.56. The first-order valence-electron chi connectivity index (χ1n) is 10.7. The van der Waals surface area contributed by atoms with Crippen molar-refractivity contribution in [1.29, 1.82) is 0 Å². The van der Waals surface area contributed by atoms with Crippen LogP contribution in [0.3, 0.4) is 0 Å². The highest BCUT2D eigenvalue weighted by Gasteiger charge is 2.40. The van der Waals surface area contributed by atoms with Gasteiger partial charge >= 0.3 is 0 Å². The lowest BCUT2D eigenvalue weighted by molar-refractivity contribution is -0.255. The zero-order valence-corrected chi connectivity index (χ0v) is 19.4. The minimum absolute atomic E-state index is 0.0248. The number of furan rings is 1. The van der Waals surface area contributed by atoms with E-state index in [1.54, 1.807) is 42.5 Å². The van der Waals surface area contributed by atoms with Crippen LogP contribution in [0.15, 0.2) is 70.7 Å². The van der Waals surface area contributed by atoms with Crippen molar-refractivity contribution < 1.29 is 23.9 Å². The Kier molecular flexibility index (Phi) is 6.43. The molecule has 1 aromatic heterocycles. The molecule has 2 amide bonds. The zero-order chi connectivity index (χ0) is 24.4. The average molecular weight is 474 g/mol. The number of para-hydroxylation sites is 1. The molecule has 2 heterocycles. The molecule has 1 fully saturated rings. The molecular weight excluding hydrogens is 452 g/mol. The number of benzene rings is 2. The van der Waals surface area contributed by atoms with Gasteiger partial charge in [0.1, 0.15) is 17.1 Å². The van der Waals surface area contributed by atoms with Gasteiger partial charge in [0.05, 0.1) is 11.7 Å². The van der Waals surface area contributed by atoms with Gasteiger partial charge < -0.3 is 14.3 Å². The molecule has 2 aromatic carbocycles. The van der Waals surface area contributed by atoms with E-state index in [9.17, 15) is 19.5 Å². The topological polar surface area (TPSA) is 93.9 Å². The van der Waals surface area contributed by atoms with E-state index in [-0.39, 0.29) is 22.0 Å². The molecular formula is C26H21N2O5S-. The Bertz CT molecular complexity index is 1330. The summed E-state index contributed by atoms with van der Waals surface area (Å²) in [6.07, 6.45) is 2.06. The molecule has 0 atom stereocenters. The van der Waals surface area contributed by atoms with E-state index in [2.05, 4.69) is 0 Å². The number of carbonyl (C=O) groups is 3. The molecule has 1 aliphatic rings. The number of carbonyl (C=O) groups excluding carboxylic acids is 3. The van der Waals surface area contributed by atoms with Crippen molar-refractivity contribution in [3.63, 3.8) is 0 Å². The molecule has 172 valence electrons. The third-order valence-corrected chi connectivity index (χ3v) is 5.85. The quantitative estimate of drug-likeness (QED) is 0.309. The van der Waals surface area contributed by atoms with Crippen LogP contribution in [0.4, 0.5) is 5.69 Å². The summed E-state index contributed by atoms with van der Waals surface area (Å²) in [6.45, 7) is 4.11. The van der Waals surface area contributed by atoms with Gasteiger partial charge in [-0.05, 0) is 73.1 Å². The Morgan fingerprint density at radius 2 is 1.79 bits per heavy atom. The molecule has 0 unspecified atom stereocenters. The van der Waals surface area contributed by atoms with Gasteiger partial charge in [0.25, 0.3) is 11.8 Å². The third-order valence-electron chi connectivity index (χ3n) is 5.44. The average Bonchev–Trinajstić information content (AvgIpc) is 3.29. The maximum Gasteiger partial charge on any atom is 0.270 e. The van der Waals surface area contributed by atoms with E-state index >= 15 is 0 Å². The van der Waals surface area contributed by atoms with Gasteiger partial charge in [-0.15, -0.1) is 0 Å². The van der Waals surface area contributed by atoms with Crippen LogP contribution < -0.4 is 10.0 Å². The van der Waals surface area contributed by atoms with E-state index in [1.165, 1.54) is 28.0 Å². The van der Waals surface area contributed by atoms with Gasteiger partial charge in [-0.1, -0.05) is 37.3 Å². The normalized spacial score (nSPS) is 15.4. The minimum atomic E-state index is -1.29. The van der Waals surface area contributed by atoms with Crippen molar-refractivity contribution in [2.24, 2.45) is 0 Å². The number of amides is 2. The van der Waals surface area contributed by atoms with Gasteiger partial charge in [0, 0.05) is 12.1 Å². The second-order valence-corrected chi connectivity index (χ2v) is 8.16. The van der Waals surface area contributed by atoms with Crippen molar-refractivity contribution in [2.75, 3.05) is 11.4 Å². The van der Waals surface area contributed by atoms with E-state index in [0.717, 1.165) is 5.56 Å². The molecule has 0 aliphatic carbocycles. The van der Waals surface area contributed by atoms with Crippen LogP contribution in [0.5, 0.6) is 0 Å². The summed E-state index contributed by atoms with van der Waals surface area (Å²) < 4.78 is 5.88. The summed E-state index contributed by atoms with van der Waals surface area (Å²) in [5.41, 5.74) is 1.89. The molecule has 7 nitrogen and oxygen atoms in total.